The number of nitrogens with zero attached hydrogens (tertiary/aromatic N) is 1. The van der Waals surface area contributed by atoms with Crippen molar-refractivity contribution < 1.29 is 27.4 Å². The van der Waals surface area contributed by atoms with Gasteiger partial charge in [-0.3, -0.25) is 4.79 Å². The van der Waals surface area contributed by atoms with Gasteiger partial charge in [-0.2, -0.15) is 0 Å². The van der Waals surface area contributed by atoms with Gasteiger partial charge in [-0.15, -0.1) is 24.9 Å². The van der Waals surface area contributed by atoms with Gasteiger partial charge >= 0.3 is 6.36 Å². The Morgan fingerprint density at radius 1 is 1.26 bits per heavy atom. The highest BCUT2D eigenvalue weighted by atomic mass is 79.9. The van der Waals surface area contributed by atoms with E-state index in [0.29, 0.717) is 18.0 Å². The monoisotopic (exact) mass is 461 g/mol. The average molecular weight is 462 g/mol. The van der Waals surface area contributed by atoms with Crippen LogP contribution in [0.3, 0.4) is 0 Å². The van der Waals surface area contributed by atoms with Crippen LogP contribution >= 0.6 is 27.7 Å². The number of rotatable bonds is 4. The van der Waals surface area contributed by atoms with Crippen LogP contribution in [0.2, 0.25) is 0 Å². The molecule has 1 atom stereocenters. The highest BCUT2D eigenvalue weighted by molar-refractivity contribution is 9.10. The van der Waals surface area contributed by atoms with E-state index in [9.17, 15) is 18.0 Å². The number of amides is 1. The van der Waals surface area contributed by atoms with E-state index < -0.39 is 12.1 Å². The molecule has 1 unspecified atom stereocenters. The zero-order valence-corrected chi connectivity index (χ0v) is 16.5. The van der Waals surface area contributed by atoms with Gasteiger partial charge in [0, 0.05) is 27.9 Å². The van der Waals surface area contributed by atoms with Gasteiger partial charge in [0.2, 0.25) is 0 Å². The Morgan fingerprint density at radius 2 is 2.04 bits per heavy atom. The molecule has 1 aliphatic rings. The summed E-state index contributed by atoms with van der Waals surface area (Å²) in [4.78, 5) is 14.6. The summed E-state index contributed by atoms with van der Waals surface area (Å²) in [5.74, 6) is 0.575. The fourth-order valence-electron chi connectivity index (χ4n) is 2.83. The number of alkyl halides is 3. The molecule has 1 aliphatic heterocycles. The first-order chi connectivity index (χ1) is 12.8. The van der Waals surface area contributed by atoms with Crippen LogP contribution in [-0.2, 0) is 0 Å². The number of hydrogen-bond acceptors (Lipinski definition) is 4. The Balaban J connectivity index is 1.89. The smallest absolute Gasteiger partial charge is 0.496 e. The second kappa shape index (κ2) is 8.02. The van der Waals surface area contributed by atoms with Crippen LogP contribution < -0.4 is 9.47 Å². The van der Waals surface area contributed by atoms with Crippen LogP contribution in [0.1, 0.15) is 21.3 Å². The number of benzene rings is 2. The van der Waals surface area contributed by atoms with Crippen molar-refractivity contribution in [2.75, 3.05) is 19.4 Å². The van der Waals surface area contributed by atoms with Crippen molar-refractivity contribution in [2.45, 2.75) is 11.7 Å². The molecule has 2 aromatic rings. The molecule has 9 heteroatoms. The molecule has 0 N–H and O–H groups in total. The molecule has 3 rings (SSSR count). The molecule has 1 fully saturated rings. The lowest BCUT2D eigenvalue weighted by molar-refractivity contribution is -0.274. The number of methoxy groups -OCH3 is 1. The molecule has 1 saturated heterocycles. The second-order valence-electron chi connectivity index (χ2n) is 5.68. The topological polar surface area (TPSA) is 38.8 Å². The van der Waals surface area contributed by atoms with Crippen molar-refractivity contribution in [1.29, 1.82) is 0 Å². The van der Waals surface area contributed by atoms with E-state index in [2.05, 4.69) is 20.7 Å². The molecule has 144 valence electrons. The van der Waals surface area contributed by atoms with Crippen LogP contribution in [0.5, 0.6) is 11.5 Å². The third kappa shape index (κ3) is 4.70. The van der Waals surface area contributed by atoms with E-state index in [1.54, 1.807) is 29.8 Å². The standard InChI is InChI=1S/C18H15BrF3NO3S/c1-25-15-6-5-12(19)10-14(15)17-23(7-8-27-17)16(24)11-3-2-4-13(9-11)26-18(20,21)22/h2-6,9-10,17H,7-8H2,1H3. The van der Waals surface area contributed by atoms with Crippen molar-refractivity contribution in [3.05, 3.63) is 58.1 Å². The van der Waals surface area contributed by atoms with Gasteiger partial charge in [-0.1, -0.05) is 22.0 Å². The van der Waals surface area contributed by atoms with Crippen molar-refractivity contribution in [2.24, 2.45) is 0 Å². The molecule has 0 spiro atoms. The number of hydrogen-bond donors (Lipinski definition) is 0. The van der Waals surface area contributed by atoms with Crippen LogP contribution in [0.15, 0.2) is 46.9 Å². The van der Waals surface area contributed by atoms with Gasteiger partial charge in [0.1, 0.15) is 16.9 Å². The Labute approximate surface area is 166 Å². The van der Waals surface area contributed by atoms with Gasteiger partial charge in [0.15, 0.2) is 0 Å². The number of halogens is 4. The van der Waals surface area contributed by atoms with Crippen molar-refractivity contribution in [1.82, 2.24) is 4.90 Å². The van der Waals surface area contributed by atoms with E-state index >= 15 is 0 Å². The predicted molar refractivity (Wildman–Crippen MR) is 100 cm³/mol. The van der Waals surface area contributed by atoms with Crippen LogP contribution in [-0.4, -0.2) is 36.6 Å². The zero-order valence-electron chi connectivity index (χ0n) is 14.1. The first-order valence-electron chi connectivity index (χ1n) is 7.90. The molecule has 4 nitrogen and oxygen atoms in total. The molecule has 0 bridgehead atoms. The Bertz CT molecular complexity index is 847. The fraction of sp³-hybridized carbons (Fsp3) is 0.278. The van der Waals surface area contributed by atoms with Crippen LogP contribution in [0.25, 0.3) is 0 Å². The highest BCUT2D eigenvalue weighted by Crippen LogP contribution is 2.43. The Kier molecular flexibility index (Phi) is 5.90. The van der Waals surface area contributed by atoms with Crippen molar-refractivity contribution in [3.8, 4) is 11.5 Å². The molecule has 0 aromatic heterocycles. The first kappa shape index (κ1) is 19.9. The summed E-state index contributed by atoms with van der Waals surface area (Å²) in [5, 5.41) is -0.294. The summed E-state index contributed by atoms with van der Waals surface area (Å²) in [7, 11) is 1.55. The van der Waals surface area contributed by atoms with E-state index in [-0.39, 0.29) is 16.8 Å². The lowest BCUT2D eigenvalue weighted by atomic mass is 10.1. The molecule has 0 saturated carbocycles. The first-order valence-corrected chi connectivity index (χ1v) is 9.74. The predicted octanol–water partition coefficient (Wildman–Crippen LogP) is 5.24. The quantitative estimate of drug-likeness (QED) is 0.623. The largest absolute Gasteiger partial charge is 0.573 e. The Morgan fingerprint density at radius 3 is 2.74 bits per heavy atom. The molecule has 2 aromatic carbocycles. The molecule has 0 aliphatic carbocycles. The zero-order chi connectivity index (χ0) is 19.6. The summed E-state index contributed by atoms with van der Waals surface area (Å²) in [6.45, 7) is 0.480. The van der Waals surface area contributed by atoms with Gasteiger partial charge in [-0.25, -0.2) is 0 Å². The van der Waals surface area contributed by atoms with E-state index in [0.717, 1.165) is 22.2 Å². The molecular weight excluding hydrogens is 447 g/mol. The number of carbonyl (C=O) groups is 1. The molecule has 0 radical (unpaired) electrons. The third-order valence-electron chi connectivity index (χ3n) is 3.92. The fourth-order valence-corrected chi connectivity index (χ4v) is 4.47. The number of thioether (sulfide) groups is 1. The van der Waals surface area contributed by atoms with Crippen molar-refractivity contribution in [3.63, 3.8) is 0 Å². The highest BCUT2D eigenvalue weighted by Gasteiger charge is 2.34. The minimum Gasteiger partial charge on any atom is -0.496 e. The van der Waals surface area contributed by atoms with Crippen molar-refractivity contribution >= 4 is 33.6 Å². The maximum Gasteiger partial charge on any atom is 0.573 e. The molecule has 1 amide bonds. The van der Waals surface area contributed by atoms with E-state index in [1.165, 1.54) is 12.1 Å². The third-order valence-corrected chi connectivity index (χ3v) is 5.66. The number of ether oxygens (including phenoxy) is 2. The van der Waals surface area contributed by atoms with Gasteiger partial charge in [-0.05, 0) is 36.4 Å². The summed E-state index contributed by atoms with van der Waals surface area (Å²) < 4.78 is 47.5. The lowest BCUT2D eigenvalue weighted by Crippen LogP contribution is -2.30. The molecule has 27 heavy (non-hydrogen) atoms. The van der Waals surface area contributed by atoms with Crippen LogP contribution in [0.4, 0.5) is 13.2 Å². The average Bonchev–Trinajstić information content (AvgIpc) is 3.09. The molecule has 1 heterocycles. The minimum atomic E-state index is -4.81. The Hall–Kier alpha value is -1.87. The maximum absolute atomic E-state index is 13.0. The molecular formula is C18H15BrF3NO3S. The summed E-state index contributed by atoms with van der Waals surface area (Å²) in [5.41, 5.74) is 0.962. The van der Waals surface area contributed by atoms with E-state index in [1.807, 2.05) is 12.1 Å². The number of carbonyl (C=O) groups excluding carboxylic acids is 1. The second-order valence-corrected chi connectivity index (χ2v) is 7.79. The van der Waals surface area contributed by atoms with E-state index in [4.69, 9.17) is 4.74 Å². The maximum atomic E-state index is 13.0. The SMILES string of the molecule is COc1ccc(Br)cc1C1SCCN1C(=O)c1cccc(OC(F)(F)F)c1. The normalized spacial score (nSPS) is 17.1. The van der Waals surface area contributed by atoms with Gasteiger partial charge in [0.25, 0.3) is 5.91 Å². The lowest BCUT2D eigenvalue weighted by Gasteiger charge is -2.26. The van der Waals surface area contributed by atoms with Crippen LogP contribution in [0, 0.1) is 0 Å². The van der Waals surface area contributed by atoms with Gasteiger partial charge < -0.3 is 14.4 Å². The minimum absolute atomic E-state index is 0.137. The van der Waals surface area contributed by atoms with Gasteiger partial charge in [0.05, 0.1) is 7.11 Å². The summed E-state index contributed by atoms with van der Waals surface area (Å²) in [6, 6.07) is 10.6. The summed E-state index contributed by atoms with van der Waals surface area (Å²) >= 11 is 4.99. The summed E-state index contributed by atoms with van der Waals surface area (Å²) in [6.07, 6.45) is -4.81.